The third-order valence-electron chi connectivity index (χ3n) is 3.63. The van der Waals surface area contributed by atoms with Crippen molar-refractivity contribution < 1.29 is 4.74 Å². The fourth-order valence-corrected chi connectivity index (χ4v) is 3.00. The lowest BCUT2D eigenvalue weighted by atomic mass is 10.1. The Morgan fingerprint density at radius 3 is 2.50 bits per heavy atom. The molecule has 0 aliphatic rings. The summed E-state index contributed by atoms with van der Waals surface area (Å²) in [6.07, 6.45) is 0. The molecular weight excluding hydrogens is 399 g/mol. The summed E-state index contributed by atoms with van der Waals surface area (Å²) < 4.78 is 5.45. The number of ether oxygens (including phenoxy) is 1. The number of nitrogens with one attached hydrogen (secondary N) is 2. The van der Waals surface area contributed by atoms with Gasteiger partial charge in [0.1, 0.15) is 11.6 Å². The Labute approximate surface area is 169 Å². The summed E-state index contributed by atoms with van der Waals surface area (Å²) >= 11 is 11.7. The third kappa shape index (κ3) is 6.68. The summed E-state index contributed by atoms with van der Waals surface area (Å²) in [5, 5.41) is 3.16. The van der Waals surface area contributed by atoms with Crippen molar-refractivity contribution in [1.82, 2.24) is 14.9 Å². The fourth-order valence-electron chi connectivity index (χ4n) is 2.52. The van der Waals surface area contributed by atoms with Gasteiger partial charge in [-0.05, 0) is 25.1 Å². The number of H-pyrrole nitrogens is 1. The van der Waals surface area contributed by atoms with Gasteiger partial charge >= 0.3 is 5.69 Å². The van der Waals surface area contributed by atoms with Crippen LogP contribution in [0.2, 0.25) is 0 Å². The van der Waals surface area contributed by atoms with Crippen molar-refractivity contribution in [2.75, 3.05) is 37.3 Å². The second-order valence-electron chi connectivity index (χ2n) is 5.56. The van der Waals surface area contributed by atoms with Crippen molar-refractivity contribution in [3.8, 4) is 5.75 Å². The van der Waals surface area contributed by atoms with E-state index >= 15 is 0 Å². The number of benzene rings is 1. The van der Waals surface area contributed by atoms with Crippen LogP contribution < -0.4 is 15.7 Å². The van der Waals surface area contributed by atoms with Gasteiger partial charge in [-0.15, -0.1) is 35.6 Å². The summed E-state index contributed by atoms with van der Waals surface area (Å²) in [6.45, 7) is 3.96. The van der Waals surface area contributed by atoms with Gasteiger partial charge in [0.2, 0.25) is 0 Å². The van der Waals surface area contributed by atoms with Crippen LogP contribution in [0.4, 0.5) is 11.5 Å². The number of rotatable bonds is 9. The predicted octanol–water partition coefficient (Wildman–Crippen LogP) is 3.53. The lowest BCUT2D eigenvalue weighted by molar-refractivity contribution is 0.292. The Kier molecular flexibility index (Phi) is 9.80. The summed E-state index contributed by atoms with van der Waals surface area (Å²) in [6, 6.07) is 7.52. The molecule has 1 heterocycles. The highest BCUT2D eigenvalue weighted by molar-refractivity contribution is 6.18. The van der Waals surface area contributed by atoms with E-state index in [-0.39, 0.29) is 18.1 Å². The molecule has 9 heteroatoms. The van der Waals surface area contributed by atoms with E-state index in [0.29, 0.717) is 24.1 Å². The molecule has 26 heavy (non-hydrogen) atoms. The highest BCUT2D eigenvalue weighted by Crippen LogP contribution is 2.25. The number of hydrogen-bond donors (Lipinski definition) is 2. The molecule has 0 radical (unpaired) electrons. The molecule has 0 aliphatic carbocycles. The molecule has 1 aromatic carbocycles. The molecule has 2 aromatic rings. The Balaban J connectivity index is 0.00000338. The number of methoxy groups -OCH3 is 1. The maximum atomic E-state index is 11.5. The van der Waals surface area contributed by atoms with E-state index in [2.05, 4.69) is 20.2 Å². The Morgan fingerprint density at radius 1 is 1.23 bits per heavy atom. The van der Waals surface area contributed by atoms with E-state index in [1.54, 1.807) is 13.2 Å². The van der Waals surface area contributed by atoms with Gasteiger partial charge in [0.05, 0.1) is 7.11 Å². The zero-order chi connectivity index (χ0) is 18.2. The van der Waals surface area contributed by atoms with Gasteiger partial charge in [-0.25, -0.2) is 4.79 Å². The zero-order valence-electron chi connectivity index (χ0n) is 14.7. The lowest BCUT2D eigenvalue weighted by Crippen LogP contribution is -2.27. The molecular formula is C17H23Cl3N4O2. The summed E-state index contributed by atoms with van der Waals surface area (Å²) in [4.78, 5) is 20.2. The van der Waals surface area contributed by atoms with Crippen molar-refractivity contribution in [1.29, 1.82) is 0 Å². The first-order valence-electron chi connectivity index (χ1n) is 7.92. The number of aromatic nitrogens is 2. The molecule has 2 N–H and O–H groups in total. The van der Waals surface area contributed by atoms with Crippen LogP contribution in [0.1, 0.15) is 11.3 Å². The normalized spacial score (nSPS) is 10.5. The lowest BCUT2D eigenvalue weighted by Gasteiger charge is -2.22. The van der Waals surface area contributed by atoms with E-state index in [1.807, 2.05) is 25.1 Å². The predicted molar refractivity (Wildman–Crippen MR) is 110 cm³/mol. The van der Waals surface area contributed by atoms with Crippen LogP contribution in [0, 0.1) is 6.92 Å². The molecule has 0 amide bonds. The Morgan fingerprint density at radius 2 is 1.92 bits per heavy atom. The summed E-state index contributed by atoms with van der Waals surface area (Å²) in [7, 11) is 1.64. The van der Waals surface area contributed by atoms with Gasteiger partial charge in [-0.2, -0.15) is 4.98 Å². The fraction of sp³-hybridized carbons (Fsp3) is 0.412. The molecule has 6 nitrogen and oxygen atoms in total. The van der Waals surface area contributed by atoms with E-state index in [0.717, 1.165) is 35.8 Å². The molecule has 0 spiro atoms. The first kappa shape index (κ1) is 22.6. The van der Waals surface area contributed by atoms with Gasteiger partial charge in [0.15, 0.2) is 0 Å². The maximum Gasteiger partial charge on any atom is 0.347 e. The summed E-state index contributed by atoms with van der Waals surface area (Å²) in [5.41, 5.74) is 2.19. The molecule has 2 rings (SSSR count). The average molecular weight is 422 g/mol. The number of aryl methyl sites for hydroxylation is 1. The maximum absolute atomic E-state index is 11.5. The molecule has 1 aromatic heterocycles. The monoisotopic (exact) mass is 420 g/mol. The van der Waals surface area contributed by atoms with Gasteiger partial charge in [-0.3, -0.25) is 4.90 Å². The van der Waals surface area contributed by atoms with E-state index < -0.39 is 0 Å². The topological polar surface area (TPSA) is 70.2 Å². The van der Waals surface area contributed by atoms with Crippen LogP contribution in [0.25, 0.3) is 0 Å². The number of nitrogens with zero attached hydrogens (tertiary/aromatic N) is 2. The second kappa shape index (κ2) is 11.3. The number of alkyl halides is 2. The third-order valence-corrected chi connectivity index (χ3v) is 3.97. The average Bonchev–Trinajstić information content (AvgIpc) is 2.54. The second-order valence-corrected chi connectivity index (χ2v) is 6.32. The van der Waals surface area contributed by atoms with Crippen molar-refractivity contribution in [2.24, 2.45) is 0 Å². The van der Waals surface area contributed by atoms with Gasteiger partial charge < -0.3 is 15.0 Å². The van der Waals surface area contributed by atoms with Gasteiger partial charge in [-0.1, -0.05) is 0 Å². The molecule has 0 saturated carbocycles. The molecule has 0 fully saturated rings. The van der Waals surface area contributed by atoms with Crippen LogP contribution in [0.5, 0.6) is 5.75 Å². The van der Waals surface area contributed by atoms with E-state index in [4.69, 9.17) is 27.9 Å². The van der Waals surface area contributed by atoms with Crippen molar-refractivity contribution in [3.63, 3.8) is 0 Å². The standard InChI is InChI=1S/C17H22Cl2N4O2.ClH/c1-12-9-16(22-17(24)20-12)21-14-3-4-15(25-2)13(10-14)11-23(7-5-18)8-6-19;/h3-4,9-10H,5-8,11H2,1-2H3,(H2,20,21,22,24);1H. The van der Waals surface area contributed by atoms with Crippen LogP contribution >= 0.6 is 35.6 Å². The molecule has 0 unspecified atom stereocenters. The Bertz CT molecular complexity index is 749. The minimum absolute atomic E-state index is 0. The largest absolute Gasteiger partial charge is 0.496 e. The van der Waals surface area contributed by atoms with Crippen LogP contribution in [0.15, 0.2) is 29.1 Å². The van der Waals surface area contributed by atoms with Crippen LogP contribution in [-0.2, 0) is 6.54 Å². The minimum Gasteiger partial charge on any atom is -0.496 e. The highest BCUT2D eigenvalue weighted by Gasteiger charge is 2.11. The van der Waals surface area contributed by atoms with Crippen LogP contribution in [-0.4, -0.2) is 46.8 Å². The van der Waals surface area contributed by atoms with Crippen molar-refractivity contribution >= 4 is 47.1 Å². The number of aromatic amines is 1. The number of halogens is 3. The smallest absolute Gasteiger partial charge is 0.347 e. The van der Waals surface area contributed by atoms with Crippen molar-refractivity contribution in [3.05, 3.63) is 46.0 Å². The quantitative estimate of drug-likeness (QED) is 0.606. The minimum atomic E-state index is -0.383. The number of hydrogen-bond acceptors (Lipinski definition) is 5. The highest BCUT2D eigenvalue weighted by atomic mass is 35.5. The molecule has 0 aliphatic heterocycles. The van der Waals surface area contributed by atoms with Crippen LogP contribution in [0.3, 0.4) is 0 Å². The van der Waals surface area contributed by atoms with E-state index in [1.165, 1.54) is 0 Å². The molecule has 144 valence electrons. The summed E-state index contributed by atoms with van der Waals surface area (Å²) in [5.74, 6) is 2.35. The van der Waals surface area contributed by atoms with Crippen molar-refractivity contribution in [2.45, 2.75) is 13.5 Å². The van der Waals surface area contributed by atoms with Gasteiger partial charge in [0, 0.05) is 54.4 Å². The molecule has 0 saturated heterocycles. The first-order chi connectivity index (χ1) is 12.0. The zero-order valence-corrected chi connectivity index (χ0v) is 17.0. The van der Waals surface area contributed by atoms with E-state index in [9.17, 15) is 4.79 Å². The Hall–Kier alpha value is -1.47. The SMILES string of the molecule is COc1ccc(Nc2cc(C)[nH]c(=O)n2)cc1CN(CCCl)CCCl.Cl. The molecule has 0 atom stereocenters. The first-order valence-corrected chi connectivity index (χ1v) is 8.98. The van der Waals surface area contributed by atoms with Gasteiger partial charge in [0.25, 0.3) is 0 Å². The molecule has 0 bridgehead atoms. The number of anilines is 2.